The van der Waals surface area contributed by atoms with E-state index in [0.717, 1.165) is 41.9 Å². The van der Waals surface area contributed by atoms with Crippen molar-refractivity contribution in [1.82, 2.24) is 14.6 Å². The Morgan fingerprint density at radius 3 is 2.78 bits per heavy atom. The molecule has 0 fully saturated rings. The number of rotatable bonds is 4. The van der Waals surface area contributed by atoms with E-state index in [0.29, 0.717) is 5.92 Å². The number of nitrogens with zero attached hydrogens (tertiary/aromatic N) is 2. The number of pyridine rings is 1. The SMILES string of the molecule is CCCC(C)c1nc2cc(C)c(CC)c(=O)n2[nH]1. The minimum atomic E-state index is 0.0370. The van der Waals surface area contributed by atoms with Crippen LogP contribution in [0, 0.1) is 6.92 Å². The molecule has 1 atom stereocenters. The molecular formula is C14H21N3O. The molecule has 0 aliphatic carbocycles. The van der Waals surface area contributed by atoms with Crippen molar-refractivity contribution in [2.24, 2.45) is 0 Å². The lowest BCUT2D eigenvalue weighted by Crippen LogP contribution is -2.19. The summed E-state index contributed by atoms with van der Waals surface area (Å²) in [4.78, 5) is 16.8. The highest BCUT2D eigenvalue weighted by Gasteiger charge is 2.13. The molecule has 0 saturated carbocycles. The van der Waals surface area contributed by atoms with Gasteiger partial charge in [-0.15, -0.1) is 0 Å². The molecule has 2 rings (SSSR count). The number of nitrogens with one attached hydrogen (secondary N) is 1. The molecule has 4 heteroatoms. The summed E-state index contributed by atoms with van der Waals surface area (Å²) in [6.45, 7) is 8.28. The Balaban J connectivity index is 2.58. The van der Waals surface area contributed by atoms with E-state index in [4.69, 9.17) is 0 Å². The summed E-state index contributed by atoms with van der Waals surface area (Å²) in [6, 6.07) is 1.99. The molecule has 2 aromatic rings. The van der Waals surface area contributed by atoms with E-state index in [1.54, 1.807) is 4.52 Å². The molecule has 18 heavy (non-hydrogen) atoms. The Labute approximate surface area is 107 Å². The molecule has 1 N–H and O–H groups in total. The third-order valence-corrected chi connectivity index (χ3v) is 3.52. The lowest BCUT2D eigenvalue weighted by atomic mass is 10.1. The van der Waals surface area contributed by atoms with Gasteiger partial charge in [-0.1, -0.05) is 27.2 Å². The van der Waals surface area contributed by atoms with Gasteiger partial charge in [0, 0.05) is 11.5 Å². The Kier molecular flexibility index (Phi) is 3.55. The number of H-pyrrole nitrogens is 1. The van der Waals surface area contributed by atoms with Gasteiger partial charge in [-0.3, -0.25) is 9.89 Å². The van der Waals surface area contributed by atoms with Crippen molar-refractivity contribution in [3.05, 3.63) is 33.4 Å². The van der Waals surface area contributed by atoms with Crippen molar-refractivity contribution in [2.75, 3.05) is 0 Å². The number of aromatic amines is 1. The van der Waals surface area contributed by atoms with E-state index < -0.39 is 0 Å². The van der Waals surface area contributed by atoms with E-state index >= 15 is 0 Å². The first kappa shape index (κ1) is 12.9. The van der Waals surface area contributed by atoms with Crippen molar-refractivity contribution >= 4 is 5.65 Å². The smallest absolute Gasteiger partial charge is 0.274 e. The molecule has 0 aliphatic heterocycles. The average molecular weight is 247 g/mol. The third kappa shape index (κ3) is 2.07. The lowest BCUT2D eigenvalue weighted by Gasteiger charge is -2.04. The molecule has 0 bridgehead atoms. The van der Waals surface area contributed by atoms with Crippen LogP contribution in [0.3, 0.4) is 0 Å². The highest BCUT2D eigenvalue weighted by atomic mass is 16.1. The fraction of sp³-hybridized carbons (Fsp3) is 0.571. The minimum Gasteiger partial charge on any atom is -0.276 e. The van der Waals surface area contributed by atoms with E-state index in [1.807, 2.05) is 19.9 Å². The molecule has 0 radical (unpaired) electrons. The summed E-state index contributed by atoms with van der Waals surface area (Å²) in [5.41, 5.74) is 2.66. The van der Waals surface area contributed by atoms with Crippen LogP contribution in [0.4, 0.5) is 0 Å². The van der Waals surface area contributed by atoms with Crippen LogP contribution < -0.4 is 5.56 Å². The Morgan fingerprint density at radius 1 is 1.44 bits per heavy atom. The van der Waals surface area contributed by atoms with Crippen LogP contribution in [0.5, 0.6) is 0 Å². The van der Waals surface area contributed by atoms with Gasteiger partial charge < -0.3 is 0 Å². The average Bonchev–Trinajstić information content (AvgIpc) is 2.74. The van der Waals surface area contributed by atoms with Crippen molar-refractivity contribution < 1.29 is 0 Å². The Morgan fingerprint density at radius 2 is 2.17 bits per heavy atom. The number of aromatic nitrogens is 3. The molecule has 0 spiro atoms. The van der Waals surface area contributed by atoms with Gasteiger partial charge in [0.1, 0.15) is 5.82 Å². The van der Waals surface area contributed by atoms with Crippen LogP contribution in [0.15, 0.2) is 10.9 Å². The first-order chi connectivity index (χ1) is 8.58. The van der Waals surface area contributed by atoms with Gasteiger partial charge in [0.15, 0.2) is 5.65 Å². The van der Waals surface area contributed by atoms with Crippen LogP contribution in [0.2, 0.25) is 0 Å². The Bertz CT molecular complexity index is 609. The van der Waals surface area contributed by atoms with Gasteiger partial charge >= 0.3 is 0 Å². The van der Waals surface area contributed by atoms with Crippen LogP contribution in [0.1, 0.15) is 56.5 Å². The van der Waals surface area contributed by atoms with Gasteiger partial charge in [-0.05, 0) is 31.4 Å². The van der Waals surface area contributed by atoms with Crippen molar-refractivity contribution in [1.29, 1.82) is 0 Å². The molecule has 0 aliphatic rings. The van der Waals surface area contributed by atoms with Crippen molar-refractivity contribution in [3.8, 4) is 0 Å². The zero-order valence-electron chi connectivity index (χ0n) is 11.6. The lowest BCUT2D eigenvalue weighted by molar-refractivity contribution is 0.624. The molecule has 0 aromatic carbocycles. The maximum atomic E-state index is 12.3. The van der Waals surface area contributed by atoms with E-state index in [1.165, 1.54) is 0 Å². The fourth-order valence-corrected chi connectivity index (χ4v) is 2.43. The number of hydrogen-bond acceptors (Lipinski definition) is 2. The first-order valence-electron chi connectivity index (χ1n) is 6.69. The summed E-state index contributed by atoms with van der Waals surface area (Å²) in [7, 11) is 0. The summed E-state index contributed by atoms with van der Waals surface area (Å²) in [6.07, 6.45) is 2.95. The molecule has 2 heterocycles. The quantitative estimate of drug-likeness (QED) is 0.903. The molecule has 4 nitrogen and oxygen atoms in total. The summed E-state index contributed by atoms with van der Waals surface area (Å²) < 4.78 is 1.58. The number of hydrogen-bond donors (Lipinski definition) is 1. The van der Waals surface area contributed by atoms with Gasteiger partial charge in [0.05, 0.1) is 0 Å². The van der Waals surface area contributed by atoms with Crippen molar-refractivity contribution in [3.63, 3.8) is 0 Å². The number of fused-ring (bicyclic) bond motifs is 1. The normalized spacial score (nSPS) is 13.1. The maximum absolute atomic E-state index is 12.3. The van der Waals surface area contributed by atoms with E-state index in [2.05, 4.69) is 23.9 Å². The highest BCUT2D eigenvalue weighted by molar-refractivity contribution is 5.43. The molecule has 2 aromatic heterocycles. The maximum Gasteiger partial charge on any atom is 0.274 e. The summed E-state index contributed by atoms with van der Waals surface area (Å²) >= 11 is 0. The summed E-state index contributed by atoms with van der Waals surface area (Å²) in [5, 5.41) is 3.14. The predicted molar refractivity (Wildman–Crippen MR) is 73.3 cm³/mol. The van der Waals surface area contributed by atoms with Crippen LogP contribution in [-0.2, 0) is 6.42 Å². The highest BCUT2D eigenvalue weighted by Crippen LogP contribution is 2.17. The van der Waals surface area contributed by atoms with E-state index in [9.17, 15) is 4.79 Å². The topological polar surface area (TPSA) is 50.2 Å². The molecule has 1 unspecified atom stereocenters. The second-order valence-corrected chi connectivity index (χ2v) is 4.96. The van der Waals surface area contributed by atoms with Gasteiger partial charge in [0.25, 0.3) is 5.56 Å². The predicted octanol–water partition coefficient (Wildman–Crippen LogP) is 2.80. The van der Waals surface area contributed by atoms with Gasteiger partial charge in [-0.25, -0.2) is 4.98 Å². The summed E-state index contributed by atoms with van der Waals surface area (Å²) in [5.74, 6) is 1.27. The zero-order valence-corrected chi connectivity index (χ0v) is 11.6. The molecule has 0 saturated heterocycles. The van der Waals surface area contributed by atoms with E-state index in [-0.39, 0.29) is 5.56 Å². The van der Waals surface area contributed by atoms with Crippen LogP contribution in [0.25, 0.3) is 5.65 Å². The molecule has 98 valence electrons. The van der Waals surface area contributed by atoms with Crippen LogP contribution in [-0.4, -0.2) is 14.6 Å². The van der Waals surface area contributed by atoms with Gasteiger partial charge in [0.2, 0.25) is 0 Å². The monoisotopic (exact) mass is 247 g/mol. The fourth-order valence-electron chi connectivity index (χ4n) is 2.43. The van der Waals surface area contributed by atoms with Crippen LogP contribution >= 0.6 is 0 Å². The minimum absolute atomic E-state index is 0.0370. The van der Waals surface area contributed by atoms with Crippen molar-refractivity contribution in [2.45, 2.75) is 52.9 Å². The van der Waals surface area contributed by atoms with Gasteiger partial charge in [-0.2, -0.15) is 4.52 Å². The standard InChI is InChI=1S/C14H21N3O/c1-5-7-9(3)13-15-12-8-10(4)11(6-2)14(18)17(12)16-13/h8-9H,5-7H2,1-4H3,(H,15,16). The second kappa shape index (κ2) is 4.96. The third-order valence-electron chi connectivity index (χ3n) is 3.52. The second-order valence-electron chi connectivity index (χ2n) is 4.96. The largest absolute Gasteiger partial charge is 0.276 e. The first-order valence-corrected chi connectivity index (χ1v) is 6.69. The number of aryl methyl sites for hydroxylation is 1. The zero-order chi connectivity index (χ0) is 13.3. The molecular weight excluding hydrogens is 226 g/mol. The molecule has 0 amide bonds. The Hall–Kier alpha value is -1.58.